The van der Waals surface area contributed by atoms with E-state index in [1.807, 2.05) is 0 Å². The molecule has 1 aromatic carbocycles. The van der Waals surface area contributed by atoms with E-state index < -0.39 is 21.9 Å². The van der Waals surface area contributed by atoms with Gasteiger partial charge in [0, 0.05) is 0 Å². The van der Waals surface area contributed by atoms with Gasteiger partial charge in [0.1, 0.15) is 5.82 Å². The number of hydrogen-bond acceptors (Lipinski definition) is 6. The fourth-order valence-corrected chi connectivity index (χ4v) is 2.59. The van der Waals surface area contributed by atoms with Crippen LogP contribution in [0.4, 0.5) is 10.1 Å². The maximum atomic E-state index is 13.3. The zero-order valence-electron chi connectivity index (χ0n) is 9.83. The number of hydrogen-bond donors (Lipinski definition) is 3. The third-order valence-electron chi connectivity index (χ3n) is 2.36. The van der Waals surface area contributed by atoms with Crippen LogP contribution >= 0.6 is 0 Å². The molecule has 0 saturated heterocycles. The Morgan fingerprint density at radius 3 is 2.79 bits per heavy atom. The van der Waals surface area contributed by atoms with Crippen molar-refractivity contribution in [1.29, 1.82) is 0 Å². The first-order chi connectivity index (χ1) is 8.90. The van der Waals surface area contributed by atoms with E-state index in [2.05, 4.69) is 25.3 Å². The van der Waals surface area contributed by atoms with E-state index in [9.17, 15) is 12.8 Å². The molecular weight excluding hydrogens is 275 g/mol. The number of nitrogens with zero attached hydrogens (tertiary/aromatic N) is 3. The second-order valence-corrected chi connectivity index (χ2v) is 5.51. The number of halogens is 1. The van der Waals surface area contributed by atoms with Gasteiger partial charge in [-0.1, -0.05) is 5.21 Å². The number of aromatic nitrogens is 4. The van der Waals surface area contributed by atoms with Crippen LogP contribution in [0.1, 0.15) is 18.8 Å². The minimum atomic E-state index is -3.89. The minimum absolute atomic E-state index is 0.120. The molecule has 19 heavy (non-hydrogen) atoms. The SMILES string of the molecule is CC(NS(=O)(=O)c1ccc(N)c(F)c1)c1nn[nH]n1. The molecule has 0 aliphatic rings. The van der Waals surface area contributed by atoms with Crippen LogP contribution in [0.2, 0.25) is 0 Å². The maximum absolute atomic E-state index is 13.3. The molecule has 2 aromatic rings. The molecule has 8 nitrogen and oxygen atoms in total. The van der Waals surface area contributed by atoms with Crippen molar-refractivity contribution in [2.45, 2.75) is 17.9 Å². The lowest BCUT2D eigenvalue weighted by molar-refractivity contribution is 0.557. The highest BCUT2D eigenvalue weighted by Crippen LogP contribution is 2.18. The van der Waals surface area contributed by atoms with Crippen molar-refractivity contribution in [3.8, 4) is 0 Å². The maximum Gasteiger partial charge on any atom is 0.241 e. The van der Waals surface area contributed by atoms with Gasteiger partial charge in [0.15, 0.2) is 5.82 Å². The Hall–Kier alpha value is -2.07. The summed E-state index contributed by atoms with van der Waals surface area (Å²) in [4.78, 5) is -0.227. The standard InChI is InChI=1S/C9H11FN6O2S/c1-5(9-12-15-16-13-9)14-19(17,18)6-2-3-8(11)7(10)4-6/h2-5,14H,11H2,1H3,(H,12,13,15,16). The van der Waals surface area contributed by atoms with Gasteiger partial charge < -0.3 is 5.73 Å². The number of benzene rings is 1. The van der Waals surface area contributed by atoms with E-state index in [1.165, 1.54) is 19.1 Å². The molecule has 102 valence electrons. The van der Waals surface area contributed by atoms with E-state index in [0.29, 0.717) is 0 Å². The Labute approximate surface area is 108 Å². The molecule has 1 aromatic heterocycles. The summed E-state index contributed by atoms with van der Waals surface area (Å²) in [6, 6.07) is 2.54. The van der Waals surface area contributed by atoms with Gasteiger partial charge in [-0.25, -0.2) is 17.5 Å². The molecule has 2 rings (SSSR count). The van der Waals surface area contributed by atoms with Crippen molar-refractivity contribution in [3.63, 3.8) is 0 Å². The van der Waals surface area contributed by atoms with Crippen LogP contribution in [0.5, 0.6) is 0 Å². The van der Waals surface area contributed by atoms with Gasteiger partial charge in [0.2, 0.25) is 10.0 Å². The molecule has 1 heterocycles. The molecule has 4 N–H and O–H groups in total. The molecule has 0 aliphatic heterocycles. The number of aromatic amines is 1. The highest BCUT2D eigenvalue weighted by molar-refractivity contribution is 7.89. The highest BCUT2D eigenvalue weighted by Gasteiger charge is 2.21. The Morgan fingerprint density at radius 2 is 2.21 bits per heavy atom. The predicted molar refractivity (Wildman–Crippen MR) is 63.7 cm³/mol. The average molecular weight is 286 g/mol. The molecule has 0 amide bonds. The molecule has 1 unspecified atom stereocenters. The largest absolute Gasteiger partial charge is 0.396 e. The summed E-state index contributed by atoms with van der Waals surface area (Å²) < 4.78 is 39.6. The smallest absolute Gasteiger partial charge is 0.241 e. The van der Waals surface area contributed by atoms with E-state index in [-0.39, 0.29) is 16.4 Å². The zero-order chi connectivity index (χ0) is 14.0. The number of anilines is 1. The summed E-state index contributed by atoms with van der Waals surface area (Å²) in [6.07, 6.45) is 0. The van der Waals surface area contributed by atoms with Crippen molar-refractivity contribution >= 4 is 15.7 Å². The molecule has 0 fully saturated rings. The number of rotatable bonds is 4. The molecule has 0 bridgehead atoms. The van der Waals surface area contributed by atoms with Crippen molar-refractivity contribution in [3.05, 3.63) is 29.8 Å². The normalized spacial score (nSPS) is 13.4. The van der Waals surface area contributed by atoms with Gasteiger partial charge in [-0.2, -0.15) is 5.21 Å². The summed E-state index contributed by atoms with van der Waals surface area (Å²) in [5.41, 5.74) is 5.17. The molecule has 0 saturated carbocycles. The van der Waals surface area contributed by atoms with Gasteiger partial charge in [0.25, 0.3) is 0 Å². The number of nitrogens with one attached hydrogen (secondary N) is 2. The van der Waals surface area contributed by atoms with Crippen LogP contribution in [-0.2, 0) is 10.0 Å². The molecule has 1 atom stereocenters. The van der Waals surface area contributed by atoms with Crippen LogP contribution in [0.15, 0.2) is 23.1 Å². The fourth-order valence-electron chi connectivity index (χ4n) is 1.38. The van der Waals surface area contributed by atoms with Crippen LogP contribution in [0, 0.1) is 5.82 Å². The number of H-pyrrole nitrogens is 1. The number of sulfonamides is 1. The predicted octanol–water partition coefficient (Wildman–Crippen LogP) is -0.0395. The molecular formula is C9H11FN6O2S. The van der Waals surface area contributed by atoms with E-state index >= 15 is 0 Å². The fraction of sp³-hybridized carbons (Fsp3) is 0.222. The first-order valence-corrected chi connectivity index (χ1v) is 6.69. The lowest BCUT2D eigenvalue weighted by Gasteiger charge is -2.11. The van der Waals surface area contributed by atoms with Crippen LogP contribution in [-0.4, -0.2) is 29.0 Å². The van der Waals surface area contributed by atoms with Gasteiger partial charge in [-0.15, -0.1) is 10.2 Å². The number of nitrogen functional groups attached to an aromatic ring is 1. The van der Waals surface area contributed by atoms with Crippen molar-refractivity contribution in [2.75, 3.05) is 5.73 Å². The monoisotopic (exact) mass is 286 g/mol. The number of nitrogens with two attached hydrogens (primary N) is 1. The van der Waals surface area contributed by atoms with E-state index in [0.717, 1.165) is 6.07 Å². The molecule has 0 aliphatic carbocycles. The lowest BCUT2D eigenvalue weighted by Crippen LogP contribution is -2.27. The van der Waals surface area contributed by atoms with Gasteiger partial charge in [-0.3, -0.25) is 0 Å². The molecule has 0 radical (unpaired) electrons. The second-order valence-electron chi connectivity index (χ2n) is 3.80. The summed E-state index contributed by atoms with van der Waals surface area (Å²) in [7, 11) is -3.89. The van der Waals surface area contributed by atoms with Crippen molar-refractivity contribution in [1.82, 2.24) is 25.3 Å². The first kappa shape index (κ1) is 13.4. The van der Waals surface area contributed by atoms with Gasteiger partial charge in [-0.05, 0) is 25.1 Å². The highest BCUT2D eigenvalue weighted by atomic mass is 32.2. The van der Waals surface area contributed by atoms with E-state index in [1.54, 1.807) is 0 Å². The summed E-state index contributed by atoms with van der Waals surface area (Å²) in [6.45, 7) is 1.54. The Morgan fingerprint density at radius 1 is 1.47 bits per heavy atom. The summed E-state index contributed by atoms with van der Waals surface area (Å²) in [5, 5.41) is 12.8. The van der Waals surface area contributed by atoms with E-state index in [4.69, 9.17) is 5.73 Å². The van der Waals surface area contributed by atoms with Crippen LogP contribution in [0.3, 0.4) is 0 Å². The lowest BCUT2D eigenvalue weighted by atomic mass is 10.3. The van der Waals surface area contributed by atoms with Gasteiger partial charge >= 0.3 is 0 Å². The first-order valence-electron chi connectivity index (χ1n) is 5.21. The summed E-state index contributed by atoms with van der Waals surface area (Å²) >= 11 is 0. The zero-order valence-corrected chi connectivity index (χ0v) is 10.6. The summed E-state index contributed by atoms with van der Waals surface area (Å²) in [5.74, 6) is -0.616. The van der Waals surface area contributed by atoms with Crippen LogP contribution < -0.4 is 10.5 Å². The third-order valence-corrected chi connectivity index (χ3v) is 3.90. The second kappa shape index (κ2) is 4.90. The van der Waals surface area contributed by atoms with Crippen molar-refractivity contribution in [2.24, 2.45) is 0 Å². The Bertz CT molecular complexity index is 672. The topological polar surface area (TPSA) is 127 Å². The van der Waals surface area contributed by atoms with Gasteiger partial charge in [0.05, 0.1) is 16.6 Å². The minimum Gasteiger partial charge on any atom is -0.396 e. The number of tetrazole rings is 1. The average Bonchev–Trinajstić information content (AvgIpc) is 2.85. The third kappa shape index (κ3) is 2.85. The Balaban J connectivity index is 2.25. The van der Waals surface area contributed by atoms with Crippen LogP contribution in [0.25, 0.3) is 0 Å². The quantitative estimate of drug-likeness (QED) is 0.677. The molecule has 0 spiro atoms. The Kier molecular flexibility index (Phi) is 3.44. The van der Waals surface area contributed by atoms with Crippen molar-refractivity contribution < 1.29 is 12.8 Å². The molecule has 10 heteroatoms.